The minimum Gasteiger partial charge on any atom is -0.339 e. The highest BCUT2D eigenvalue weighted by Crippen LogP contribution is 2.30. The molecule has 1 atom stereocenters. The predicted molar refractivity (Wildman–Crippen MR) is 88.7 cm³/mol. The number of hydrogen-bond acceptors (Lipinski definition) is 5. The van der Waals surface area contributed by atoms with E-state index in [2.05, 4.69) is 33.8 Å². The monoisotopic (exact) mass is 309 g/mol. The minimum atomic E-state index is 0.208. The predicted octanol–water partition coefficient (Wildman–Crippen LogP) is 2.06. The van der Waals surface area contributed by atoms with Crippen LogP contribution in [0.4, 0.5) is 5.95 Å². The van der Waals surface area contributed by atoms with Crippen LogP contribution in [-0.4, -0.2) is 46.3 Å². The van der Waals surface area contributed by atoms with E-state index in [1.807, 2.05) is 0 Å². The smallest absolute Gasteiger partial charge is 0.244 e. The normalized spacial score (nSPS) is 28.0. The zero-order valence-corrected chi connectivity index (χ0v) is 13.8. The van der Waals surface area contributed by atoms with Gasteiger partial charge in [-0.05, 0) is 55.1 Å². The van der Waals surface area contributed by atoms with E-state index >= 15 is 0 Å². The molecule has 2 aliphatic heterocycles. The molecule has 1 unspecified atom stereocenters. The van der Waals surface area contributed by atoms with Gasteiger partial charge in [-0.2, -0.15) is 16.7 Å². The van der Waals surface area contributed by atoms with E-state index in [1.54, 1.807) is 0 Å². The summed E-state index contributed by atoms with van der Waals surface area (Å²) in [6, 6.07) is 0. The molecule has 6 heteroatoms. The maximum atomic E-state index is 5.93. The van der Waals surface area contributed by atoms with Crippen molar-refractivity contribution in [2.24, 2.45) is 17.1 Å². The van der Waals surface area contributed by atoms with Crippen molar-refractivity contribution in [2.45, 2.75) is 39.0 Å². The van der Waals surface area contributed by atoms with Crippen LogP contribution < -0.4 is 10.6 Å². The molecule has 0 amide bonds. The average molecular weight is 309 g/mol. The molecule has 1 aromatic heterocycles. The Morgan fingerprint density at radius 3 is 3.00 bits per heavy atom. The second kappa shape index (κ2) is 6.57. The molecule has 0 spiro atoms. The number of nitrogens with zero attached hydrogens (tertiary/aromatic N) is 3. The van der Waals surface area contributed by atoms with Gasteiger partial charge in [0, 0.05) is 19.5 Å². The fraction of sp³-hybridized carbons (Fsp3) is 0.867. The molecule has 0 aliphatic carbocycles. The van der Waals surface area contributed by atoms with E-state index in [0.717, 1.165) is 43.7 Å². The molecule has 118 valence electrons. The number of nitrogens with two attached hydrogens (primary N) is 1. The van der Waals surface area contributed by atoms with Gasteiger partial charge in [-0.3, -0.25) is 5.10 Å². The number of hydrogen-bond donors (Lipinski definition) is 2. The molecule has 0 radical (unpaired) electrons. The number of piperidine rings is 1. The number of anilines is 1. The standard InChI is InChI=1S/C15H27N5S/c1-15(10-16)5-2-6-20(11-15)14-17-13(18-19-14)9-12-3-7-21-8-4-12/h12H,2-11,16H2,1H3,(H,17,18,19). The average Bonchev–Trinajstić information content (AvgIpc) is 2.97. The lowest BCUT2D eigenvalue weighted by molar-refractivity contribution is 0.270. The van der Waals surface area contributed by atoms with Crippen molar-refractivity contribution >= 4 is 17.7 Å². The molecule has 2 aliphatic rings. The molecular weight excluding hydrogens is 282 g/mol. The van der Waals surface area contributed by atoms with Gasteiger partial charge in [0.1, 0.15) is 5.82 Å². The fourth-order valence-corrected chi connectivity index (χ4v) is 4.60. The van der Waals surface area contributed by atoms with Crippen LogP contribution in [0.15, 0.2) is 0 Å². The summed E-state index contributed by atoms with van der Waals surface area (Å²) in [7, 11) is 0. The van der Waals surface area contributed by atoms with Crippen molar-refractivity contribution in [3.05, 3.63) is 5.82 Å². The molecule has 3 rings (SSSR count). The van der Waals surface area contributed by atoms with Gasteiger partial charge in [0.2, 0.25) is 5.95 Å². The molecule has 0 aromatic carbocycles. The van der Waals surface area contributed by atoms with Crippen LogP contribution in [0.25, 0.3) is 0 Å². The SMILES string of the molecule is CC1(CN)CCCN(c2n[nH]c(CC3CCSCC3)n2)C1. The van der Waals surface area contributed by atoms with Crippen molar-refractivity contribution in [3.8, 4) is 0 Å². The number of rotatable bonds is 4. The van der Waals surface area contributed by atoms with Crippen LogP contribution >= 0.6 is 11.8 Å². The largest absolute Gasteiger partial charge is 0.339 e. The van der Waals surface area contributed by atoms with Crippen LogP contribution in [0.3, 0.4) is 0 Å². The molecule has 3 heterocycles. The van der Waals surface area contributed by atoms with E-state index < -0.39 is 0 Å². The summed E-state index contributed by atoms with van der Waals surface area (Å²) in [6.07, 6.45) is 6.06. The van der Waals surface area contributed by atoms with Gasteiger partial charge < -0.3 is 10.6 Å². The van der Waals surface area contributed by atoms with Gasteiger partial charge in [-0.25, -0.2) is 0 Å². The molecule has 1 aromatic rings. The number of nitrogens with one attached hydrogen (secondary N) is 1. The summed E-state index contributed by atoms with van der Waals surface area (Å²) in [5, 5.41) is 7.60. The summed E-state index contributed by atoms with van der Waals surface area (Å²) in [4.78, 5) is 7.04. The number of thioether (sulfide) groups is 1. The van der Waals surface area contributed by atoms with Crippen molar-refractivity contribution in [3.63, 3.8) is 0 Å². The Morgan fingerprint density at radius 2 is 2.24 bits per heavy atom. The van der Waals surface area contributed by atoms with Gasteiger partial charge >= 0.3 is 0 Å². The minimum absolute atomic E-state index is 0.208. The highest BCUT2D eigenvalue weighted by molar-refractivity contribution is 7.99. The van der Waals surface area contributed by atoms with Crippen molar-refractivity contribution in [2.75, 3.05) is 36.0 Å². The number of aromatic amines is 1. The molecule has 2 fully saturated rings. The van der Waals surface area contributed by atoms with Gasteiger partial charge in [-0.15, -0.1) is 5.10 Å². The summed E-state index contributed by atoms with van der Waals surface area (Å²) in [5.41, 5.74) is 6.14. The van der Waals surface area contributed by atoms with Gasteiger partial charge in [0.05, 0.1) is 0 Å². The van der Waals surface area contributed by atoms with E-state index in [4.69, 9.17) is 10.7 Å². The molecule has 3 N–H and O–H groups in total. The van der Waals surface area contributed by atoms with E-state index in [9.17, 15) is 0 Å². The first-order valence-corrected chi connectivity index (χ1v) is 9.28. The van der Waals surface area contributed by atoms with Gasteiger partial charge in [-0.1, -0.05) is 6.92 Å². The molecule has 5 nitrogen and oxygen atoms in total. The van der Waals surface area contributed by atoms with Crippen LogP contribution in [-0.2, 0) is 6.42 Å². The van der Waals surface area contributed by atoms with E-state index in [1.165, 1.54) is 37.2 Å². The zero-order valence-electron chi connectivity index (χ0n) is 13.0. The maximum absolute atomic E-state index is 5.93. The lowest BCUT2D eigenvalue weighted by Crippen LogP contribution is -2.46. The quantitative estimate of drug-likeness (QED) is 0.891. The second-order valence-corrected chi connectivity index (χ2v) is 8.11. The van der Waals surface area contributed by atoms with Crippen LogP contribution in [0.2, 0.25) is 0 Å². The van der Waals surface area contributed by atoms with Crippen LogP contribution in [0, 0.1) is 11.3 Å². The molecule has 21 heavy (non-hydrogen) atoms. The Bertz CT molecular complexity index is 457. The number of aromatic nitrogens is 3. The Labute approximate surface area is 131 Å². The van der Waals surface area contributed by atoms with E-state index in [0.29, 0.717) is 0 Å². The highest BCUT2D eigenvalue weighted by atomic mass is 32.2. The molecule has 0 saturated carbocycles. The summed E-state index contributed by atoms with van der Waals surface area (Å²) >= 11 is 2.07. The van der Waals surface area contributed by atoms with Crippen molar-refractivity contribution in [1.82, 2.24) is 15.2 Å². The summed E-state index contributed by atoms with van der Waals surface area (Å²) in [5.74, 6) is 5.30. The summed E-state index contributed by atoms with van der Waals surface area (Å²) < 4.78 is 0. The Morgan fingerprint density at radius 1 is 1.43 bits per heavy atom. The third kappa shape index (κ3) is 3.72. The van der Waals surface area contributed by atoms with E-state index in [-0.39, 0.29) is 5.41 Å². The van der Waals surface area contributed by atoms with Crippen LogP contribution in [0.1, 0.15) is 38.4 Å². The second-order valence-electron chi connectivity index (χ2n) is 6.88. The van der Waals surface area contributed by atoms with Crippen molar-refractivity contribution < 1.29 is 0 Å². The Balaban J connectivity index is 1.61. The zero-order chi connectivity index (χ0) is 14.7. The van der Waals surface area contributed by atoms with Crippen molar-refractivity contribution in [1.29, 1.82) is 0 Å². The maximum Gasteiger partial charge on any atom is 0.244 e. The lowest BCUT2D eigenvalue weighted by atomic mass is 9.82. The fourth-order valence-electron chi connectivity index (χ4n) is 3.39. The third-order valence-electron chi connectivity index (χ3n) is 4.90. The van der Waals surface area contributed by atoms with Gasteiger partial charge in [0.15, 0.2) is 0 Å². The number of H-pyrrole nitrogens is 1. The molecular formula is C15H27N5S. The third-order valence-corrected chi connectivity index (χ3v) is 5.95. The first-order chi connectivity index (χ1) is 10.2. The Kier molecular flexibility index (Phi) is 4.74. The topological polar surface area (TPSA) is 70.8 Å². The van der Waals surface area contributed by atoms with Gasteiger partial charge in [0.25, 0.3) is 0 Å². The molecule has 2 saturated heterocycles. The summed E-state index contributed by atoms with van der Waals surface area (Å²) in [6.45, 7) is 5.03. The highest BCUT2D eigenvalue weighted by Gasteiger charge is 2.31. The first kappa shape index (κ1) is 15.2. The lowest BCUT2D eigenvalue weighted by Gasteiger charge is -2.39. The first-order valence-electron chi connectivity index (χ1n) is 8.13. The molecule has 0 bridgehead atoms. The Hall–Kier alpha value is -0.750. The van der Waals surface area contributed by atoms with Crippen LogP contribution in [0.5, 0.6) is 0 Å².